The summed E-state index contributed by atoms with van der Waals surface area (Å²) >= 11 is 7.63. The number of hydrogen-bond donors (Lipinski definition) is 0. The smallest absolute Gasteiger partial charge is 0.266 e. The maximum absolute atomic E-state index is 12.8. The van der Waals surface area contributed by atoms with Gasteiger partial charge in [-0.3, -0.25) is 9.36 Å². The van der Waals surface area contributed by atoms with Gasteiger partial charge in [-0.05, 0) is 43.0 Å². The van der Waals surface area contributed by atoms with E-state index >= 15 is 0 Å². The van der Waals surface area contributed by atoms with Gasteiger partial charge >= 0.3 is 0 Å². The molecule has 0 aliphatic carbocycles. The predicted molar refractivity (Wildman–Crippen MR) is 88.9 cm³/mol. The second-order valence-electron chi connectivity index (χ2n) is 4.69. The van der Waals surface area contributed by atoms with E-state index in [9.17, 15) is 4.79 Å². The zero-order valence-electron chi connectivity index (χ0n) is 11.6. The Morgan fingerprint density at radius 3 is 2.67 bits per heavy atom. The van der Waals surface area contributed by atoms with E-state index in [0.29, 0.717) is 21.1 Å². The first-order valence-corrected chi connectivity index (χ1v) is 8.04. The van der Waals surface area contributed by atoms with Crippen LogP contribution in [0.5, 0.6) is 0 Å². The van der Waals surface area contributed by atoms with Crippen molar-refractivity contribution in [1.82, 2.24) is 9.55 Å². The first kappa shape index (κ1) is 14.2. The van der Waals surface area contributed by atoms with E-state index in [2.05, 4.69) is 4.98 Å². The SMILES string of the molecule is CSc1nc2ccccc2c(=O)n1-c1ccc(C)c(Cl)c1. The summed E-state index contributed by atoms with van der Waals surface area (Å²) in [6.07, 6.45) is 1.91. The lowest BCUT2D eigenvalue weighted by Crippen LogP contribution is -2.21. The van der Waals surface area contributed by atoms with Crippen LogP contribution in [0.2, 0.25) is 5.02 Å². The molecule has 0 aliphatic heterocycles. The Bertz CT molecular complexity index is 889. The van der Waals surface area contributed by atoms with Crippen molar-refractivity contribution in [3.05, 3.63) is 63.4 Å². The highest BCUT2D eigenvalue weighted by molar-refractivity contribution is 7.98. The minimum absolute atomic E-state index is 0.0788. The van der Waals surface area contributed by atoms with E-state index in [1.165, 1.54) is 11.8 Å². The molecular weight excluding hydrogens is 304 g/mol. The predicted octanol–water partition coefficient (Wildman–Crippen LogP) is 4.07. The summed E-state index contributed by atoms with van der Waals surface area (Å²) in [4.78, 5) is 17.3. The Labute approximate surface area is 131 Å². The summed E-state index contributed by atoms with van der Waals surface area (Å²) in [5.41, 5.74) is 2.34. The molecule has 0 N–H and O–H groups in total. The lowest BCUT2D eigenvalue weighted by atomic mass is 10.2. The van der Waals surface area contributed by atoms with Crippen LogP contribution in [0.1, 0.15) is 5.56 Å². The standard InChI is InChI=1S/C16H13ClN2OS/c1-10-7-8-11(9-13(10)17)19-15(20)12-5-3-4-6-14(12)18-16(19)21-2/h3-9H,1-2H3. The van der Waals surface area contributed by atoms with Crippen LogP contribution in [0.25, 0.3) is 16.6 Å². The maximum Gasteiger partial charge on any atom is 0.266 e. The summed E-state index contributed by atoms with van der Waals surface area (Å²) in [6.45, 7) is 1.93. The van der Waals surface area contributed by atoms with Crippen molar-refractivity contribution in [3.63, 3.8) is 0 Å². The van der Waals surface area contributed by atoms with Gasteiger partial charge in [0.2, 0.25) is 0 Å². The third kappa shape index (κ3) is 2.45. The molecule has 1 aromatic heterocycles. The maximum atomic E-state index is 12.8. The second kappa shape index (κ2) is 5.54. The van der Waals surface area contributed by atoms with E-state index in [-0.39, 0.29) is 5.56 Å². The van der Waals surface area contributed by atoms with E-state index in [4.69, 9.17) is 11.6 Å². The molecule has 106 valence electrons. The van der Waals surface area contributed by atoms with Crippen molar-refractivity contribution in [2.45, 2.75) is 12.1 Å². The van der Waals surface area contributed by atoms with Crippen LogP contribution < -0.4 is 5.56 Å². The summed E-state index contributed by atoms with van der Waals surface area (Å²) < 4.78 is 1.61. The number of thioether (sulfide) groups is 1. The molecule has 0 atom stereocenters. The number of fused-ring (bicyclic) bond motifs is 1. The van der Waals surface area contributed by atoms with Crippen LogP contribution in [0.4, 0.5) is 0 Å². The fourth-order valence-electron chi connectivity index (χ4n) is 2.20. The van der Waals surface area contributed by atoms with E-state index < -0.39 is 0 Å². The van der Waals surface area contributed by atoms with Crippen molar-refractivity contribution in [3.8, 4) is 5.69 Å². The Hall–Kier alpha value is -1.78. The molecule has 0 amide bonds. The normalized spacial score (nSPS) is 11.0. The summed E-state index contributed by atoms with van der Waals surface area (Å²) in [6, 6.07) is 13.0. The van der Waals surface area contributed by atoms with Crippen LogP contribution in [0.3, 0.4) is 0 Å². The number of benzene rings is 2. The Morgan fingerprint density at radius 2 is 1.95 bits per heavy atom. The highest BCUT2D eigenvalue weighted by atomic mass is 35.5. The molecular formula is C16H13ClN2OS. The number of aryl methyl sites for hydroxylation is 1. The zero-order valence-corrected chi connectivity index (χ0v) is 13.2. The number of nitrogens with zero attached hydrogens (tertiary/aromatic N) is 2. The number of hydrogen-bond acceptors (Lipinski definition) is 3. The molecule has 0 radical (unpaired) electrons. The van der Waals surface area contributed by atoms with Gasteiger partial charge in [0.25, 0.3) is 5.56 Å². The van der Waals surface area contributed by atoms with Gasteiger partial charge in [-0.25, -0.2) is 4.98 Å². The molecule has 0 aliphatic rings. The highest BCUT2D eigenvalue weighted by Crippen LogP contribution is 2.23. The van der Waals surface area contributed by atoms with Gasteiger partial charge in [0.05, 0.1) is 16.6 Å². The average molecular weight is 317 g/mol. The lowest BCUT2D eigenvalue weighted by molar-refractivity contribution is 0.821. The van der Waals surface area contributed by atoms with Crippen LogP contribution in [-0.4, -0.2) is 15.8 Å². The summed E-state index contributed by atoms with van der Waals surface area (Å²) in [5, 5.41) is 1.89. The van der Waals surface area contributed by atoms with Gasteiger partial charge in [-0.15, -0.1) is 0 Å². The Balaban J connectivity index is 2.37. The monoisotopic (exact) mass is 316 g/mol. The molecule has 5 heteroatoms. The Kier molecular flexibility index (Phi) is 3.74. The molecule has 0 spiro atoms. The molecule has 3 rings (SSSR count). The molecule has 1 heterocycles. The fourth-order valence-corrected chi connectivity index (χ4v) is 2.93. The third-order valence-electron chi connectivity index (χ3n) is 3.34. The molecule has 0 bridgehead atoms. The molecule has 0 fully saturated rings. The largest absolute Gasteiger partial charge is 0.268 e. The van der Waals surface area contributed by atoms with Gasteiger partial charge in [0.15, 0.2) is 5.16 Å². The summed E-state index contributed by atoms with van der Waals surface area (Å²) in [5.74, 6) is 0. The van der Waals surface area contributed by atoms with Gasteiger partial charge in [-0.2, -0.15) is 0 Å². The number of para-hydroxylation sites is 1. The molecule has 2 aromatic carbocycles. The quantitative estimate of drug-likeness (QED) is 0.528. The topological polar surface area (TPSA) is 34.9 Å². The van der Waals surface area contributed by atoms with Crippen molar-refractivity contribution in [2.24, 2.45) is 0 Å². The number of aromatic nitrogens is 2. The van der Waals surface area contributed by atoms with E-state index in [1.54, 1.807) is 16.7 Å². The molecule has 0 unspecified atom stereocenters. The molecule has 3 nitrogen and oxygen atoms in total. The van der Waals surface area contributed by atoms with Crippen molar-refractivity contribution >= 4 is 34.3 Å². The minimum atomic E-state index is -0.0788. The van der Waals surface area contributed by atoms with Crippen LogP contribution >= 0.6 is 23.4 Å². The lowest BCUT2D eigenvalue weighted by Gasteiger charge is -2.12. The van der Waals surface area contributed by atoms with Crippen LogP contribution in [0, 0.1) is 6.92 Å². The number of rotatable bonds is 2. The zero-order chi connectivity index (χ0) is 15.0. The summed E-state index contributed by atoms with van der Waals surface area (Å²) in [7, 11) is 0. The van der Waals surface area contributed by atoms with Gasteiger partial charge in [0.1, 0.15) is 0 Å². The van der Waals surface area contributed by atoms with E-state index in [0.717, 1.165) is 11.3 Å². The van der Waals surface area contributed by atoms with Gasteiger partial charge in [0, 0.05) is 5.02 Å². The van der Waals surface area contributed by atoms with E-state index in [1.807, 2.05) is 43.5 Å². The Morgan fingerprint density at radius 1 is 1.19 bits per heavy atom. The first-order valence-electron chi connectivity index (χ1n) is 6.44. The minimum Gasteiger partial charge on any atom is -0.268 e. The molecule has 0 saturated heterocycles. The molecule has 0 saturated carbocycles. The van der Waals surface area contributed by atoms with Crippen molar-refractivity contribution < 1.29 is 0 Å². The third-order valence-corrected chi connectivity index (χ3v) is 4.39. The fraction of sp³-hybridized carbons (Fsp3) is 0.125. The second-order valence-corrected chi connectivity index (χ2v) is 5.87. The van der Waals surface area contributed by atoms with Crippen LogP contribution in [-0.2, 0) is 0 Å². The van der Waals surface area contributed by atoms with Gasteiger partial charge in [-0.1, -0.05) is 41.6 Å². The highest BCUT2D eigenvalue weighted by Gasteiger charge is 2.12. The first-order chi connectivity index (χ1) is 10.1. The van der Waals surface area contributed by atoms with Crippen molar-refractivity contribution in [2.75, 3.05) is 6.26 Å². The van der Waals surface area contributed by atoms with Gasteiger partial charge < -0.3 is 0 Å². The molecule has 21 heavy (non-hydrogen) atoms. The number of halogens is 1. The van der Waals surface area contributed by atoms with Crippen LogP contribution in [0.15, 0.2) is 52.4 Å². The average Bonchev–Trinajstić information content (AvgIpc) is 2.50. The van der Waals surface area contributed by atoms with Crippen molar-refractivity contribution in [1.29, 1.82) is 0 Å². The molecule has 3 aromatic rings.